The molecule has 34 heavy (non-hydrogen) atoms. The van der Waals surface area contributed by atoms with Gasteiger partial charge in [0.15, 0.2) is 0 Å². The predicted octanol–water partition coefficient (Wildman–Crippen LogP) is 10.3. The van der Waals surface area contributed by atoms with Gasteiger partial charge in [-0.25, -0.2) is 4.98 Å². The van der Waals surface area contributed by atoms with Crippen LogP contribution < -0.4 is 0 Å². The first-order valence-corrected chi connectivity index (χ1v) is 14.3. The van der Waals surface area contributed by atoms with Crippen molar-refractivity contribution in [3.05, 3.63) is 54.1 Å². The van der Waals surface area contributed by atoms with Crippen LogP contribution in [0.1, 0.15) is 115 Å². The number of hydrogen-bond donors (Lipinski definition) is 0. The standard InChI is InChI=1S/C32H48N2/c1-3-4-5-6-7-8-9-10-11-12-13-14-15-16-17-20-26-34-31-25-19-18-24-30(31)33-32(34)29-23-21-22-28(2)27-29/h18-19,21-25,27H,3-17,20,26H2,1-2H3. The summed E-state index contributed by atoms with van der Waals surface area (Å²) in [6, 6.07) is 17.3. The summed E-state index contributed by atoms with van der Waals surface area (Å²) in [5.41, 5.74) is 4.89. The highest BCUT2D eigenvalue weighted by Gasteiger charge is 2.12. The first-order valence-electron chi connectivity index (χ1n) is 14.3. The van der Waals surface area contributed by atoms with Gasteiger partial charge in [-0.2, -0.15) is 0 Å². The van der Waals surface area contributed by atoms with Crippen LogP contribution in [-0.4, -0.2) is 9.55 Å². The summed E-state index contributed by atoms with van der Waals surface area (Å²) in [5, 5.41) is 0. The SMILES string of the molecule is CCCCCCCCCCCCCCCCCCn1c(-c2cccc(C)c2)nc2ccccc21. The third kappa shape index (κ3) is 8.93. The van der Waals surface area contributed by atoms with Gasteiger partial charge in [-0.1, -0.05) is 139 Å². The molecule has 0 aliphatic rings. The van der Waals surface area contributed by atoms with Crippen molar-refractivity contribution in [2.24, 2.45) is 0 Å². The summed E-state index contributed by atoms with van der Waals surface area (Å²) < 4.78 is 2.44. The lowest BCUT2D eigenvalue weighted by Crippen LogP contribution is -2.01. The van der Waals surface area contributed by atoms with Crippen molar-refractivity contribution in [1.82, 2.24) is 9.55 Å². The molecular formula is C32H48N2. The largest absolute Gasteiger partial charge is 0.324 e. The minimum absolute atomic E-state index is 1.06. The second-order valence-corrected chi connectivity index (χ2v) is 10.2. The van der Waals surface area contributed by atoms with Gasteiger partial charge >= 0.3 is 0 Å². The summed E-state index contributed by atoms with van der Waals surface area (Å²) >= 11 is 0. The Morgan fingerprint density at radius 2 is 1.18 bits per heavy atom. The Balaban J connectivity index is 1.29. The number of rotatable bonds is 18. The maximum atomic E-state index is 4.98. The molecule has 0 spiro atoms. The first-order chi connectivity index (χ1) is 16.8. The Labute approximate surface area is 209 Å². The van der Waals surface area contributed by atoms with Crippen molar-refractivity contribution < 1.29 is 0 Å². The molecule has 0 fully saturated rings. The molecule has 0 aliphatic carbocycles. The molecule has 0 radical (unpaired) electrons. The van der Waals surface area contributed by atoms with Gasteiger partial charge in [0.05, 0.1) is 11.0 Å². The second kappa shape index (κ2) is 15.7. The molecule has 2 heteroatoms. The maximum Gasteiger partial charge on any atom is 0.141 e. The third-order valence-corrected chi connectivity index (χ3v) is 7.17. The monoisotopic (exact) mass is 460 g/mol. The van der Waals surface area contributed by atoms with Crippen LogP contribution >= 0.6 is 0 Å². The zero-order valence-electron chi connectivity index (χ0n) is 22.0. The van der Waals surface area contributed by atoms with Crippen LogP contribution in [0.4, 0.5) is 0 Å². The third-order valence-electron chi connectivity index (χ3n) is 7.17. The number of aryl methyl sites for hydroxylation is 2. The number of nitrogens with zero attached hydrogens (tertiary/aromatic N) is 2. The molecule has 0 N–H and O–H groups in total. The van der Waals surface area contributed by atoms with E-state index in [-0.39, 0.29) is 0 Å². The van der Waals surface area contributed by atoms with Gasteiger partial charge in [-0.15, -0.1) is 0 Å². The van der Waals surface area contributed by atoms with Crippen LogP contribution in [0.3, 0.4) is 0 Å². The quantitative estimate of drug-likeness (QED) is 0.173. The Morgan fingerprint density at radius 3 is 1.76 bits per heavy atom. The summed E-state index contributed by atoms with van der Waals surface area (Å²) in [7, 11) is 0. The molecule has 186 valence electrons. The topological polar surface area (TPSA) is 17.8 Å². The lowest BCUT2D eigenvalue weighted by molar-refractivity contribution is 0.523. The van der Waals surface area contributed by atoms with E-state index in [1.54, 1.807) is 0 Å². The number of unbranched alkanes of at least 4 members (excludes halogenated alkanes) is 15. The van der Waals surface area contributed by atoms with Gasteiger partial charge in [0, 0.05) is 12.1 Å². The fraction of sp³-hybridized carbons (Fsp3) is 0.594. The van der Waals surface area contributed by atoms with Crippen LogP contribution in [0.15, 0.2) is 48.5 Å². The van der Waals surface area contributed by atoms with E-state index in [2.05, 4.69) is 66.9 Å². The van der Waals surface area contributed by atoms with Crippen molar-refractivity contribution in [3.63, 3.8) is 0 Å². The predicted molar refractivity (Wildman–Crippen MR) is 149 cm³/mol. The zero-order valence-corrected chi connectivity index (χ0v) is 22.0. The van der Waals surface area contributed by atoms with Gasteiger partial charge < -0.3 is 4.57 Å². The van der Waals surface area contributed by atoms with Crippen LogP contribution in [0.2, 0.25) is 0 Å². The van der Waals surface area contributed by atoms with E-state index >= 15 is 0 Å². The lowest BCUT2D eigenvalue weighted by Gasteiger charge is -2.10. The Hall–Kier alpha value is -2.09. The molecule has 0 saturated carbocycles. The Bertz CT molecular complexity index is 939. The number of fused-ring (bicyclic) bond motifs is 1. The molecule has 0 amide bonds. The molecule has 0 aliphatic heterocycles. The molecule has 1 heterocycles. The number of para-hydroxylation sites is 2. The van der Waals surface area contributed by atoms with Gasteiger partial charge in [-0.3, -0.25) is 0 Å². The number of hydrogen-bond acceptors (Lipinski definition) is 1. The van der Waals surface area contributed by atoms with Crippen molar-refractivity contribution >= 4 is 11.0 Å². The van der Waals surface area contributed by atoms with Crippen LogP contribution in [0, 0.1) is 6.92 Å². The summed E-state index contributed by atoms with van der Waals surface area (Å²) in [6.07, 6.45) is 22.6. The highest BCUT2D eigenvalue weighted by Crippen LogP contribution is 2.26. The van der Waals surface area contributed by atoms with Crippen molar-refractivity contribution in [2.75, 3.05) is 0 Å². The van der Waals surface area contributed by atoms with Gasteiger partial charge in [0.25, 0.3) is 0 Å². The summed E-state index contributed by atoms with van der Waals surface area (Å²) in [5.74, 6) is 1.12. The van der Waals surface area contributed by atoms with Crippen LogP contribution in [-0.2, 0) is 6.54 Å². The fourth-order valence-corrected chi connectivity index (χ4v) is 5.12. The molecule has 1 aromatic heterocycles. The van der Waals surface area contributed by atoms with Crippen LogP contribution in [0.5, 0.6) is 0 Å². The normalized spacial score (nSPS) is 11.5. The molecule has 0 unspecified atom stereocenters. The smallest absolute Gasteiger partial charge is 0.141 e. The van der Waals surface area contributed by atoms with E-state index in [4.69, 9.17) is 4.98 Å². The van der Waals surface area contributed by atoms with Crippen molar-refractivity contribution in [1.29, 1.82) is 0 Å². The van der Waals surface area contributed by atoms with E-state index < -0.39 is 0 Å². The fourth-order valence-electron chi connectivity index (χ4n) is 5.12. The van der Waals surface area contributed by atoms with E-state index in [1.165, 1.54) is 119 Å². The second-order valence-electron chi connectivity index (χ2n) is 10.2. The molecular weight excluding hydrogens is 412 g/mol. The van der Waals surface area contributed by atoms with E-state index in [0.717, 1.165) is 17.9 Å². The van der Waals surface area contributed by atoms with Crippen LogP contribution in [0.25, 0.3) is 22.4 Å². The average Bonchev–Trinajstić information content (AvgIpc) is 3.22. The molecule has 2 nitrogen and oxygen atoms in total. The molecule has 0 saturated heterocycles. The van der Waals surface area contributed by atoms with E-state index in [1.807, 2.05) is 0 Å². The lowest BCUT2D eigenvalue weighted by atomic mass is 10.0. The molecule has 3 rings (SSSR count). The van der Waals surface area contributed by atoms with Crippen molar-refractivity contribution in [3.8, 4) is 11.4 Å². The highest BCUT2D eigenvalue weighted by atomic mass is 15.1. The van der Waals surface area contributed by atoms with E-state index in [0.29, 0.717) is 0 Å². The summed E-state index contributed by atoms with van der Waals surface area (Å²) in [4.78, 5) is 4.98. The Morgan fingerprint density at radius 1 is 0.618 bits per heavy atom. The average molecular weight is 461 g/mol. The maximum absolute atomic E-state index is 4.98. The van der Waals surface area contributed by atoms with Gasteiger partial charge in [-0.05, 0) is 31.5 Å². The molecule has 0 bridgehead atoms. The molecule has 3 aromatic rings. The first kappa shape index (κ1) is 26.5. The number of benzene rings is 2. The highest BCUT2D eigenvalue weighted by molar-refractivity contribution is 5.80. The molecule has 2 aromatic carbocycles. The number of aromatic nitrogens is 2. The Kier molecular flexibility index (Phi) is 12.3. The van der Waals surface area contributed by atoms with Gasteiger partial charge in [0.1, 0.15) is 5.82 Å². The minimum atomic E-state index is 1.06. The van der Waals surface area contributed by atoms with E-state index in [9.17, 15) is 0 Å². The van der Waals surface area contributed by atoms with Gasteiger partial charge in [0.2, 0.25) is 0 Å². The van der Waals surface area contributed by atoms with Crippen molar-refractivity contribution in [2.45, 2.75) is 123 Å². The minimum Gasteiger partial charge on any atom is -0.324 e. The number of imidazole rings is 1. The molecule has 0 atom stereocenters. The zero-order chi connectivity index (χ0) is 23.8. The summed E-state index contributed by atoms with van der Waals surface area (Å²) in [6.45, 7) is 5.51.